The van der Waals surface area contributed by atoms with Crippen molar-refractivity contribution in [3.8, 4) is 0 Å². The number of sulfonamides is 1. The van der Waals surface area contributed by atoms with Crippen LogP contribution in [0.2, 0.25) is 0 Å². The number of rotatable bonds is 10. The summed E-state index contributed by atoms with van der Waals surface area (Å²) in [6.45, 7) is 5.41. The smallest absolute Gasteiger partial charge is 0.341 e. The molecule has 13 heteroatoms. The van der Waals surface area contributed by atoms with Crippen LogP contribution >= 0.6 is 0 Å². The molecule has 0 unspecified atom stereocenters. The molecule has 1 N–H and O–H groups in total. The molecule has 1 heterocycles. The standard InChI is InChI=1S/C23H28N4O8S/c1-3-26(4-2)36(32,33)19-8-5-17(6-9-19)24-22(28)16-35-23(29)20-15-18(27(30)31)7-10-21(20)25-11-13-34-14-12-25/h5-10,15H,3-4,11-14,16H2,1-2H3,(H,24,28). The maximum Gasteiger partial charge on any atom is 0.341 e. The number of amides is 1. The van der Waals surface area contributed by atoms with E-state index in [1.807, 2.05) is 4.90 Å². The van der Waals surface area contributed by atoms with Crippen molar-refractivity contribution in [2.75, 3.05) is 56.2 Å². The summed E-state index contributed by atoms with van der Waals surface area (Å²) in [6, 6.07) is 9.55. The zero-order valence-electron chi connectivity index (χ0n) is 20.0. The van der Waals surface area contributed by atoms with Gasteiger partial charge in [-0.25, -0.2) is 13.2 Å². The third-order valence-electron chi connectivity index (χ3n) is 5.58. The van der Waals surface area contributed by atoms with Crippen LogP contribution in [0.5, 0.6) is 0 Å². The molecule has 2 aromatic carbocycles. The zero-order valence-corrected chi connectivity index (χ0v) is 20.8. The van der Waals surface area contributed by atoms with E-state index in [1.54, 1.807) is 13.8 Å². The molecule has 0 atom stereocenters. The second-order valence-corrected chi connectivity index (χ2v) is 9.73. The fourth-order valence-electron chi connectivity index (χ4n) is 3.71. The van der Waals surface area contributed by atoms with Crippen molar-refractivity contribution >= 4 is 39.0 Å². The minimum absolute atomic E-state index is 0.0233. The number of morpholine rings is 1. The van der Waals surface area contributed by atoms with Gasteiger partial charge >= 0.3 is 5.97 Å². The first-order chi connectivity index (χ1) is 17.2. The highest BCUT2D eigenvalue weighted by Gasteiger charge is 2.24. The summed E-state index contributed by atoms with van der Waals surface area (Å²) in [4.78, 5) is 37.6. The Morgan fingerprint density at radius 2 is 1.75 bits per heavy atom. The average Bonchev–Trinajstić information content (AvgIpc) is 2.88. The second-order valence-electron chi connectivity index (χ2n) is 7.80. The molecular formula is C23H28N4O8S. The number of nitrogens with zero attached hydrogens (tertiary/aromatic N) is 3. The molecule has 1 aliphatic heterocycles. The fraction of sp³-hybridized carbons (Fsp3) is 0.391. The quantitative estimate of drug-likeness (QED) is 0.283. The van der Waals surface area contributed by atoms with Gasteiger partial charge in [0.05, 0.1) is 34.3 Å². The third kappa shape index (κ3) is 6.36. The van der Waals surface area contributed by atoms with E-state index in [2.05, 4.69) is 5.32 Å². The summed E-state index contributed by atoms with van der Waals surface area (Å²) < 4.78 is 36.9. The Balaban J connectivity index is 1.66. The molecule has 0 radical (unpaired) electrons. The Morgan fingerprint density at radius 1 is 1.11 bits per heavy atom. The van der Waals surface area contributed by atoms with Crippen LogP contribution in [0, 0.1) is 10.1 Å². The van der Waals surface area contributed by atoms with Crippen LogP contribution in [0.1, 0.15) is 24.2 Å². The van der Waals surface area contributed by atoms with Crippen LogP contribution in [0.25, 0.3) is 0 Å². The molecule has 0 spiro atoms. The molecule has 194 valence electrons. The first-order valence-corrected chi connectivity index (χ1v) is 12.8. The van der Waals surface area contributed by atoms with E-state index in [4.69, 9.17) is 9.47 Å². The average molecular weight is 521 g/mol. The minimum atomic E-state index is -3.63. The van der Waals surface area contributed by atoms with E-state index in [9.17, 15) is 28.1 Å². The van der Waals surface area contributed by atoms with Crippen molar-refractivity contribution in [1.29, 1.82) is 0 Å². The number of anilines is 2. The van der Waals surface area contributed by atoms with Gasteiger partial charge in [0.1, 0.15) is 0 Å². The summed E-state index contributed by atoms with van der Waals surface area (Å²) in [7, 11) is -3.63. The molecular weight excluding hydrogens is 492 g/mol. The third-order valence-corrected chi connectivity index (χ3v) is 7.64. The van der Waals surface area contributed by atoms with Crippen LogP contribution in [0.15, 0.2) is 47.4 Å². The summed E-state index contributed by atoms with van der Waals surface area (Å²) in [5, 5.41) is 13.7. The Morgan fingerprint density at radius 3 is 2.33 bits per heavy atom. The molecule has 1 amide bonds. The number of hydrogen-bond donors (Lipinski definition) is 1. The van der Waals surface area contributed by atoms with Crippen LogP contribution in [0.4, 0.5) is 17.1 Å². The monoisotopic (exact) mass is 520 g/mol. The Hall–Kier alpha value is -3.55. The summed E-state index contributed by atoms with van der Waals surface area (Å²) in [6.07, 6.45) is 0. The number of benzene rings is 2. The molecule has 1 fully saturated rings. The van der Waals surface area contributed by atoms with E-state index in [1.165, 1.54) is 40.7 Å². The van der Waals surface area contributed by atoms with Crippen LogP contribution in [0.3, 0.4) is 0 Å². The highest BCUT2D eigenvalue weighted by atomic mass is 32.2. The summed E-state index contributed by atoms with van der Waals surface area (Å²) >= 11 is 0. The lowest BCUT2D eigenvalue weighted by Crippen LogP contribution is -2.37. The van der Waals surface area contributed by atoms with E-state index in [0.717, 1.165) is 6.07 Å². The second kappa shape index (κ2) is 11.9. The van der Waals surface area contributed by atoms with Gasteiger partial charge in [-0.1, -0.05) is 13.8 Å². The fourth-order valence-corrected chi connectivity index (χ4v) is 5.17. The van der Waals surface area contributed by atoms with Gasteiger partial charge in [0.15, 0.2) is 6.61 Å². The lowest BCUT2D eigenvalue weighted by Gasteiger charge is -2.30. The number of nitro benzene ring substituents is 1. The zero-order chi connectivity index (χ0) is 26.3. The van der Waals surface area contributed by atoms with Gasteiger partial charge in [0.2, 0.25) is 10.0 Å². The summed E-state index contributed by atoms with van der Waals surface area (Å²) in [5.74, 6) is -1.53. The Labute approximate surface area is 209 Å². The van der Waals surface area contributed by atoms with Gasteiger partial charge < -0.3 is 19.7 Å². The molecule has 0 saturated carbocycles. The van der Waals surface area contributed by atoms with E-state index in [0.29, 0.717) is 50.8 Å². The highest BCUT2D eigenvalue weighted by molar-refractivity contribution is 7.89. The Bertz CT molecular complexity index is 1210. The molecule has 0 bridgehead atoms. The lowest BCUT2D eigenvalue weighted by atomic mass is 10.1. The van der Waals surface area contributed by atoms with E-state index < -0.39 is 33.4 Å². The number of carbonyl (C=O) groups is 2. The normalized spacial score (nSPS) is 13.9. The Kier molecular flexibility index (Phi) is 8.96. The minimum Gasteiger partial charge on any atom is -0.452 e. The number of carbonyl (C=O) groups excluding carboxylic acids is 2. The predicted molar refractivity (Wildman–Crippen MR) is 132 cm³/mol. The maximum absolute atomic E-state index is 12.8. The van der Waals surface area contributed by atoms with E-state index >= 15 is 0 Å². The molecule has 1 saturated heterocycles. The highest BCUT2D eigenvalue weighted by Crippen LogP contribution is 2.27. The van der Waals surface area contributed by atoms with Crippen molar-refractivity contribution in [3.63, 3.8) is 0 Å². The lowest BCUT2D eigenvalue weighted by molar-refractivity contribution is -0.384. The van der Waals surface area contributed by atoms with Crippen LogP contribution < -0.4 is 10.2 Å². The number of ether oxygens (including phenoxy) is 2. The molecule has 2 aromatic rings. The molecule has 1 aliphatic rings. The molecule has 36 heavy (non-hydrogen) atoms. The number of hydrogen-bond acceptors (Lipinski definition) is 9. The summed E-state index contributed by atoms with van der Waals surface area (Å²) in [5.41, 5.74) is 0.478. The largest absolute Gasteiger partial charge is 0.452 e. The number of nitrogens with one attached hydrogen (secondary N) is 1. The first kappa shape index (κ1) is 27.0. The molecule has 3 rings (SSSR count). The van der Waals surface area contributed by atoms with Crippen molar-refractivity contribution in [1.82, 2.24) is 4.31 Å². The maximum atomic E-state index is 12.8. The van der Waals surface area contributed by atoms with Gasteiger partial charge in [-0.15, -0.1) is 0 Å². The van der Waals surface area contributed by atoms with Gasteiger partial charge in [-0.05, 0) is 30.3 Å². The molecule has 0 aromatic heterocycles. The van der Waals surface area contributed by atoms with Gasteiger partial charge in [0, 0.05) is 44.0 Å². The SMILES string of the molecule is CCN(CC)S(=O)(=O)c1ccc(NC(=O)COC(=O)c2cc([N+](=O)[O-])ccc2N2CCOCC2)cc1. The van der Waals surface area contributed by atoms with Crippen molar-refractivity contribution < 1.29 is 32.4 Å². The predicted octanol–water partition coefficient (Wildman–Crippen LogP) is 2.26. The number of non-ortho nitro benzene ring substituents is 1. The topological polar surface area (TPSA) is 148 Å². The van der Waals surface area contributed by atoms with Gasteiger partial charge in [-0.3, -0.25) is 14.9 Å². The number of nitro groups is 1. The van der Waals surface area contributed by atoms with Gasteiger partial charge in [0.25, 0.3) is 11.6 Å². The molecule has 12 nitrogen and oxygen atoms in total. The van der Waals surface area contributed by atoms with Crippen molar-refractivity contribution in [2.24, 2.45) is 0 Å². The molecule has 0 aliphatic carbocycles. The number of esters is 1. The van der Waals surface area contributed by atoms with Crippen LogP contribution in [-0.2, 0) is 24.3 Å². The van der Waals surface area contributed by atoms with Crippen molar-refractivity contribution in [3.05, 3.63) is 58.1 Å². The van der Waals surface area contributed by atoms with Crippen molar-refractivity contribution in [2.45, 2.75) is 18.7 Å². The van der Waals surface area contributed by atoms with Gasteiger partial charge in [-0.2, -0.15) is 4.31 Å². The first-order valence-electron chi connectivity index (χ1n) is 11.4. The van der Waals surface area contributed by atoms with E-state index in [-0.39, 0.29) is 16.1 Å². The van der Waals surface area contributed by atoms with Crippen LogP contribution in [-0.4, -0.2) is 75.5 Å².